The van der Waals surface area contributed by atoms with E-state index in [1.54, 1.807) is 41.9 Å². The van der Waals surface area contributed by atoms with Crippen LogP contribution in [0.1, 0.15) is 30.5 Å². The summed E-state index contributed by atoms with van der Waals surface area (Å²) in [5, 5.41) is 18.7. The van der Waals surface area contributed by atoms with E-state index < -0.39 is 0 Å². The van der Waals surface area contributed by atoms with Crippen molar-refractivity contribution in [3.8, 4) is 34.8 Å². The molecule has 0 amide bonds. The third-order valence-electron chi connectivity index (χ3n) is 6.32. The van der Waals surface area contributed by atoms with Gasteiger partial charge < -0.3 is 4.74 Å². The zero-order valence-corrected chi connectivity index (χ0v) is 18.2. The molecular weight excluding hydrogens is 414 g/mol. The Morgan fingerprint density at radius 3 is 2.58 bits per heavy atom. The normalized spacial score (nSPS) is 13.3. The van der Waals surface area contributed by atoms with Crippen molar-refractivity contribution in [3.63, 3.8) is 0 Å². The topological polar surface area (TPSA) is 96.6 Å². The Hall–Kier alpha value is -4.36. The summed E-state index contributed by atoms with van der Waals surface area (Å²) in [6, 6.07) is 18.6. The summed E-state index contributed by atoms with van der Waals surface area (Å²) in [5.74, 6) is 1.60. The number of hydrogen-bond acceptors (Lipinski definition) is 5. The average molecular weight is 435 g/mol. The maximum absolute atomic E-state index is 12.9. The van der Waals surface area contributed by atoms with E-state index in [2.05, 4.69) is 11.1 Å². The number of hydrogen-bond donors (Lipinski definition) is 0. The van der Waals surface area contributed by atoms with Crippen molar-refractivity contribution in [3.05, 3.63) is 76.5 Å². The number of ether oxygens (including phenoxy) is 1. The Bertz CT molecular complexity index is 1510. The SMILES string of the molecule is Cn1c(=O)n(CC2CCC2)c2ccc(-c3cc(Oc4ccnc(C#N)c4)ccc3C#N)cc21. The van der Waals surface area contributed by atoms with Gasteiger partial charge in [-0.3, -0.25) is 9.13 Å². The van der Waals surface area contributed by atoms with Gasteiger partial charge in [-0.1, -0.05) is 12.5 Å². The molecule has 1 aliphatic rings. The summed E-state index contributed by atoms with van der Waals surface area (Å²) in [6.07, 6.45) is 5.10. The molecule has 7 nitrogen and oxygen atoms in total. The van der Waals surface area contributed by atoms with Gasteiger partial charge in [0.25, 0.3) is 0 Å². The summed E-state index contributed by atoms with van der Waals surface area (Å²) >= 11 is 0. The molecule has 4 aromatic rings. The molecule has 2 aromatic carbocycles. The number of aromatic nitrogens is 3. The van der Waals surface area contributed by atoms with Crippen molar-refractivity contribution < 1.29 is 4.74 Å². The van der Waals surface area contributed by atoms with E-state index in [1.165, 1.54) is 25.5 Å². The molecule has 0 bridgehead atoms. The molecule has 1 saturated carbocycles. The second kappa shape index (κ2) is 8.29. The molecule has 33 heavy (non-hydrogen) atoms. The van der Waals surface area contributed by atoms with E-state index in [0.717, 1.165) is 23.1 Å². The highest BCUT2D eigenvalue weighted by Crippen LogP contribution is 2.33. The van der Waals surface area contributed by atoms with E-state index >= 15 is 0 Å². The lowest BCUT2D eigenvalue weighted by Gasteiger charge is -2.25. The van der Waals surface area contributed by atoms with Crippen LogP contribution in [-0.2, 0) is 13.6 Å². The van der Waals surface area contributed by atoms with Crippen LogP contribution >= 0.6 is 0 Å². The Morgan fingerprint density at radius 1 is 1.03 bits per heavy atom. The first-order valence-electron chi connectivity index (χ1n) is 10.8. The van der Waals surface area contributed by atoms with Gasteiger partial charge in [-0.15, -0.1) is 0 Å². The Labute approximate surface area is 190 Å². The van der Waals surface area contributed by atoms with E-state index in [0.29, 0.717) is 28.5 Å². The van der Waals surface area contributed by atoms with Gasteiger partial charge in [-0.25, -0.2) is 9.78 Å². The minimum atomic E-state index is -0.0161. The molecule has 1 fully saturated rings. The molecule has 0 atom stereocenters. The van der Waals surface area contributed by atoms with Crippen LogP contribution in [0.3, 0.4) is 0 Å². The molecule has 162 valence electrons. The third-order valence-corrected chi connectivity index (χ3v) is 6.32. The van der Waals surface area contributed by atoms with E-state index in [-0.39, 0.29) is 11.4 Å². The van der Waals surface area contributed by atoms with Crippen molar-refractivity contribution in [2.24, 2.45) is 13.0 Å². The van der Waals surface area contributed by atoms with Gasteiger partial charge >= 0.3 is 5.69 Å². The maximum Gasteiger partial charge on any atom is 0.328 e. The fraction of sp³-hybridized carbons (Fsp3) is 0.231. The third kappa shape index (κ3) is 3.75. The maximum atomic E-state index is 12.9. The van der Waals surface area contributed by atoms with Crippen molar-refractivity contribution in [1.29, 1.82) is 10.5 Å². The molecule has 1 aliphatic carbocycles. The lowest BCUT2D eigenvalue weighted by molar-refractivity contribution is 0.276. The predicted octanol–water partition coefficient (Wildman–Crippen LogP) is 4.74. The highest BCUT2D eigenvalue weighted by atomic mass is 16.5. The average Bonchev–Trinajstić information content (AvgIpc) is 3.05. The zero-order chi connectivity index (χ0) is 22.9. The lowest BCUT2D eigenvalue weighted by atomic mass is 9.85. The number of nitriles is 2. The fourth-order valence-electron chi connectivity index (χ4n) is 4.28. The molecule has 7 heteroatoms. The molecule has 0 N–H and O–H groups in total. The van der Waals surface area contributed by atoms with Gasteiger partial charge in [0.1, 0.15) is 23.3 Å². The van der Waals surface area contributed by atoms with Crippen molar-refractivity contribution in [1.82, 2.24) is 14.1 Å². The van der Waals surface area contributed by atoms with Crippen LogP contribution in [0.25, 0.3) is 22.2 Å². The second-order valence-electron chi connectivity index (χ2n) is 8.36. The Morgan fingerprint density at radius 2 is 1.85 bits per heavy atom. The molecule has 2 heterocycles. The van der Waals surface area contributed by atoms with Crippen LogP contribution in [0.4, 0.5) is 0 Å². The number of imidazole rings is 1. The standard InChI is InChI=1S/C26H21N5O2/c1-30-25-11-18(6-8-24(25)31(26(30)32)16-17-3-2-4-17)23-13-21(7-5-19(23)14-27)33-22-9-10-29-20(12-22)15-28/h5-13,17H,2-4,16H2,1H3. The quantitative estimate of drug-likeness (QED) is 0.451. The fourth-order valence-corrected chi connectivity index (χ4v) is 4.28. The van der Waals surface area contributed by atoms with Gasteiger partial charge in [0.15, 0.2) is 0 Å². The second-order valence-corrected chi connectivity index (χ2v) is 8.36. The molecule has 0 unspecified atom stereocenters. The van der Waals surface area contributed by atoms with Crippen LogP contribution in [-0.4, -0.2) is 14.1 Å². The first-order valence-corrected chi connectivity index (χ1v) is 10.8. The number of pyridine rings is 1. The van der Waals surface area contributed by atoms with Crippen LogP contribution in [0, 0.1) is 28.6 Å². The van der Waals surface area contributed by atoms with Crippen molar-refractivity contribution >= 4 is 11.0 Å². The largest absolute Gasteiger partial charge is 0.457 e. The number of fused-ring (bicyclic) bond motifs is 1. The van der Waals surface area contributed by atoms with Crippen LogP contribution in [0.2, 0.25) is 0 Å². The van der Waals surface area contributed by atoms with E-state index in [9.17, 15) is 10.1 Å². The van der Waals surface area contributed by atoms with Gasteiger partial charge in [-0.05, 0) is 60.7 Å². The predicted molar refractivity (Wildman–Crippen MR) is 124 cm³/mol. The summed E-state index contributed by atoms with van der Waals surface area (Å²) in [7, 11) is 1.78. The number of rotatable bonds is 5. The minimum absolute atomic E-state index is 0.0161. The summed E-state index contributed by atoms with van der Waals surface area (Å²) in [6.45, 7) is 0.749. The van der Waals surface area contributed by atoms with Crippen molar-refractivity contribution in [2.45, 2.75) is 25.8 Å². The van der Waals surface area contributed by atoms with Gasteiger partial charge in [0.05, 0.1) is 22.7 Å². The molecular formula is C26H21N5O2. The molecule has 2 aromatic heterocycles. The Balaban J connectivity index is 1.55. The number of benzene rings is 2. The van der Waals surface area contributed by atoms with Gasteiger partial charge in [-0.2, -0.15) is 10.5 Å². The highest BCUT2D eigenvalue weighted by Gasteiger charge is 2.21. The van der Waals surface area contributed by atoms with Gasteiger partial charge in [0, 0.05) is 31.4 Å². The van der Waals surface area contributed by atoms with E-state index in [4.69, 9.17) is 10.00 Å². The molecule has 0 aliphatic heterocycles. The molecule has 0 spiro atoms. The lowest BCUT2D eigenvalue weighted by Crippen LogP contribution is -2.27. The van der Waals surface area contributed by atoms with E-state index in [1.807, 2.05) is 28.8 Å². The minimum Gasteiger partial charge on any atom is -0.457 e. The monoisotopic (exact) mass is 435 g/mol. The first-order chi connectivity index (χ1) is 16.1. The Kier molecular flexibility index (Phi) is 5.16. The molecule has 0 radical (unpaired) electrons. The van der Waals surface area contributed by atoms with Crippen LogP contribution in [0.5, 0.6) is 11.5 Å². The smallest absolute Gasteiger partial charge is 0.328 e. The zero-order valence-electron chi connectivity index (χ0n) is 18.2. The number of nitrogens with zero attached hydrogens (tertiary/aromatic N) is 5. The summed E-state index contributed by atoms with van der Waals surface area (Å²) < 4.78 is 9.46. The highest BCUT2D eigenvalue weighted by molar-refractivity contribution is 5.84. The van der Waals surface area contributed by atoms with Crippen LogP contribution < -0.4 is 10.4 Å². The summed E-state index contributed by atoms with van der Waals surface area (Å²) in [4.78, 5) is 16.8. The van der Waals surface area contributed by atoms with Gasteiger partial charge in [0.2, 0.25) is 0 Å². The van der Waals surface area contributed by atoms with Crippen LogP contribution in [0.15, 0.2) is 59.5 Å². The first kappa shape index (κ1) is 20.5. The molecule has 5 rings (SSSR count). The van der Waals surface area contributed by atoms with Crippen molar-refractivity contribution in [2.75, 3.05) is 0 Å². The summed E-state index contributed by atoms with van der Waals surface area (Å²) in [5.41, 5.74) is 4.04. The number of aryl methyl sites for hydroxylation is 1. The molecule has 0 saturated heterocycles.